The van der Waals surface area contributed by atoms with Gasteiger partial charge in [-0.1, -0.05) is 23.7 Å². The lowest BCUT2D eigenvalue weighted by molar-refractivity contribution is 0.0240. The number of halogens is 2. The molecule has 1 amide bonds. The fourth-order valence-electron chi connectivity index (χ4n) is 2.83. The van der Waals surface area contributed by atoms with Crippen LogP contribution in [0.4, 0.5) is 10.6 Å². The second-order valence-electron chi connectivity index (χ2n) is 7.70. The molecule has 9 heteroatoms. The maximum atomic E-state index is 12.2. The Morgan fingerprint density at radius 2 is 1.97 bits per heavy atom. The molecule has 2 heterocycles. The summed E-state index contributed by atoms with van der Waals surface area (Å²) in [5.41, 5.74) is 0.451. The molecule has 29 heavy (non-hydrogen) atoms. The molecule has 0 spiro atoms. The zero-order valence-corrected chi connectivity index (χ0v) is 19.0. The van der Waals surface area contributed by atoms with Crippen molar-refractivity contribution in [3.8, 4) is 5.88 Å². The number of benzene rings is 1. The molecule has 1 fully saturated rings. The molecule has 2 aromatic rings. The lowest BCUT2D eigenvalue weighted by atomic mass is 10.2. The maximum absolute atomic E-state index is 12.2. The molecule has 156 valence electrons. The van der Waals surface area contributed by atoms with Crippen LogP contribution in [0.2, 0.25) is 5.02 Å². The molecule has 0 saturated carbocycles. The molecule has 1 saturated heterocycles. The summed E-state index contributed by atoms with van der Waals surface area (Å²) in [5, 5.41) is 0.663. The number of hydrogen-bond donors (Lipinski definition) is 0. The monoisotopic (exact) mass is 482 g/mol. The van der Waals surface area contributed by atoms with Crippen LogP contribution < -0.4 is 9.64 Å². The van der Waals surface area contributed by atoms with E-state index < -0.39 is 5.60 Å². The summed E-state index contributed by atoms with van der Waals surface area (Å²) in [6, 6.07) is 7.49. The first-order valence-electron chi connectivity index (χ1n) is 9.34. The lowest BCUT2D eigenvalue weighted by Gasteiger charge is -2.36. The minimum Gasteiger partial charge on any atom is -0.472 e. The van der Waals surface area contributed by atoms with Gasteiger partial charge in [0.15, 0.2) is 5.82 Å². The molecule has 1 aliphatic rings. The Labute approximate surface area is 184 Å². The van der Waals surface area contributed by atoms with Crippen LogP contribution in [0.3, 0.4) is 0 Å². The van der Waals surface area contributed by atoms with Gasteiger partial charge >= 0.3 is 6.09 Å². The second-order valence-corrected chi connectivity index (χ2v) is 8.88. The van der Waals surface area contributed by atoms with Crippen molar-refractivity contribution < 1.29 is 14.3 Å². The average Bonchev–Trinajstić information content (AvgIpc) is 2.66. The van der Waals surface area contributed by atoms with E-state index in [2.05, 4.69) is 30.8 Å². The normalized spacial score (nSPS) is 14.7. The molecule has 0 aliphatic carbocycles. The van der Waals surface area contributed by atoms with Crippen LogP contribution in [0, 0.1) is 0 Å². The van der Waals surface area contributed by atoms with Crippen molar-refractivity contribution in [1.82, 2.24) is 14.9 Å². The minimum atomic E-state index is -0.503. The Hall–Kier alpha value is -2.06. The third-order valence-electron chi connectivity index (χ3n) is 4.20. The third-order valence-corrected chi connectivity index (χ3v) is 4.99. The number of carbonyl (C=O) groups is 1. The summed E-state index contributed by atoms with van der Waals surface area (Å²) in [6.45, 7) is 8.30. The van der Waals surface area contributed by atoms with Crippen LogP contribution in [0.5, 0.6) is 5.88 Å². The number of nitrogens with zero attached hydrogens (tertiary/aromatic N) is 4. The van der Waals surface area contributed by atoms with E-state index >= 15 is 0 Å². The summed E-state index contributed by atoms with van der Waals surface area (Å²) >= 11 is 9.47. The van der Waals surface area contributed by atoms with E-state index in [1.165, 1.54) is 0 Å². The highest BCUT2D eigenvalue weighted by Crippen LogP contribution is 2.26. The smallest absolute Gasteiger partial charge is 0.410 e. The van der Waals surface area contributed by atoms with Crippen molar-refractivity contribution in [1.29, 1.82) is 0 Å². The fraction of sp³-hybridized carbons (Fsp3) is 0.450. The van der Waals surface area contributed by atoms with Crippen molar-refractivity contribution in [2.75, 3.05) is 31.1 Å². The molecule has 1 aliphatic heterocycles. The molecule has 1 aromatic carbocycles. The van der Waals surface area contributed by atoms with Crippen molar-refractivity contribution in [2.45, 2.75) is 33.0 Å². The molecule has 1 aromatic heterocycles. The zero-order valence-electron chi connectivity index (χ0n) is 16.7. The second kappa shape index (κ2) is 9.17. The summed E-state index contributed by atoms with van der Waals surface area (Å²) in [7, 11) is 0. The van der Waals surface area contributed by atoms with E-state index in [0.29, 0.717) is 54.1 Å². The van der Waals surface area contributed by atoms with Crippen molar-refractivity contribution in [2.24, 2.45) is 0 Å². The van der Waals surface area contributed by atoms with Gasteiger partial charge in [-0.25, -0.2) is 9.78 Å². The topological polar surface area (TPSA) is 67.8 Å². The SMILES string of the molecule is CC(C)(C)OC(=O)N1CCN(c2nc(OCc3cccc(Cl)c3)cnc2Br)CC1. The molecule has 7 nitrogen and oxygen atoms in total. The molecule has 0 N–H and O–H groups in total. The van der Waals surface area contributed by atoms with Gasteiger partial charge in [0.25, 0.3) is 0 Å². The number of aromatic nitrogens is 2. The predicted molar refractivity (Wildman–Crippen MR) is 116 cm³/mol. The number of rotatable bonds is 4. The van der Waals surface area contributed by atoms with Gasteiger partial charge in [-0.05, 0) is 54.4 Å². The molecule has 3 rings (SSSR count). The molecule has 0 radical (unpaired) electrons. The number of ether oxygens (including phenoxy) is 2. The highest BCUT2D eigenvalue weighted by atomic mass is 79.9. The molecule has 0 atom stereocenters. The van der Waals surface area contributed by atoms with Crippen molar-refractivity contribution >= 4 is 39.4 Å². The van der Waals surface area contributed by atoms with Crippen LogP contribution in [0.25, 0.3) is 0 Å². The van der Waals surface area contributed by atoms with E-state index in [1.807, 2.05) is 45.0 Å². The summed E-state index contributed by atoms with van der Waals surface area (Å²) in [5.74, 6) is 1.12. The van der Waals surface area contributed by atoms with Crippen LogP contribution in [-0.2, 0) is 11.3 Å². The third kappa shape index (κ3) is 6.21. The van der Waals surface area contributed by atoms with Gasteiger partial charge in [0.05, 0.1) is 6.20 Å². The van der Waals surface area contributed by atoms with Gasteiger partial charge in [0.1, 0.15) is 16.8 Å². The fourth-order valence-corrected chi connectivity index (χ4v) is 3.49. The number of amides is 1. The van der Waals surface area contributed by atoms with Crippen LogP contribution in [0.15, 0.2) is 35.1 Å². The quantitative estimate of drug-likeness (QED) is 0.636. The molecule has 0 unspecified atom stereocenters. The predicted octanol–water partition coefficient (Wildman–Crippen LogP) is 4.53. The van der Waals surface area contributed by atoms with E-state index in [1.54, 1.807) is 11.1 Å². The highest BCUT2D eigenvalue weighted by Gasteiger charge is 2.27. The average molecular weight is 484 g/mol. The number of anilines is 1. The number of hydrogen-bond acceptors (Lipinski definition) is 6. The highest BCUT2D eigenvalue weighted by molar-refractivity contribution is 9.10. The zero-order chi connectivity index (χ0) is 21.0. The molecular weight excluding hydrogens is 460 g/mol. The summed E-state index contributed by atoms with van der Waals surface area (Å²) < 4.78 is 11.9. The van der Waals surface area contributed by atoms with Crippen molar-refractivity contribution in [3.63, 3.8) is 0 Å². The van der Waals surface area contributed by atoms with Crippen LogP contribution in [0.1, 0.15) is 26.3 Å². The lowest BCUT2D eigenvalue weighted by Crippen LogP contribution is -2.50. The van der Waals surface area contributed by atoms with E-state index in [0.717, 1.165) is 5.56 Å². The Bertz CT molecular complexity index is 867. The maximum Gasteiger partial charge on any atom is 0.410 e. The first kappa shape index (κ1) is 21.6. The Morgan fingerprint density at radius 1 is 1.24 bits per heavy atom. The van der Waals surface area contributed by atoms with E-state index in [-0.39, 0.29) is 6.09 Å². The van der Waals surface area contributed by atoms with Gasteiger partial charge in [0.2, 0.25) is 5.88 Å². The first-order valence-corrected chi connectivity index (χ1v) is 10.5. The Morgan fingerprint density at radius 3 is 2.62 bits per heavy atom. The minimum absolute atomic E-state index is 0.291. The summed E-state index contributed by atoms with van der Waals surface area (Å²) in [4.78, 5) is 25.0. The largest absolute Gasteiger partial charge is 0.472 e. The van der Waals surface area contributed by atoms with Crippen LogP contribution >= 0.6 is 27.5 Å². The van der Waals surface area contributed by atoms with Gasteiger partial charge in [-0.2, -0.15) is 4.98 Å². The molecular formula is C20H24BrClN4O3. The first-order chi connectivity index (χ1) is 13.7. The number of carbonyl (C=O) groups excluding carboxylic acids is 1. The standard InChI is InChI=1S/C20H24BrClN4O3/c1-20(2,3)29-19(27)26-9-7-25(8-10-26)18-17(21)23-12-16(24-18)28-13-14-5-4-6-15(22)11-14/h4-6,11-12H,7-10,13H2,1-3H3. The Balaban J connectivity index is 1.61. The molecule has 0 bridgehead atoms. The van der Waals surface area contributed by atoms with Crippen molar-refractivity contribution in [3.05, 3.63) is 45.7 Å². The van der Waals surface area contributed by atoms with Gasteiger partial charge in [-0.15, -0.1) is 0 Å². The van der Waals surface area contributed by atoms with Crippen LogP contribution in [-0.4, -0.2) is 52.7 Å². The summed E-state index contributed by atoms with van der Waals surface area (Å²) in [6.07, 6.45) is 1.29. The van der Waals surface area contributed by atoms with E-state index in [9.17, 15) is 4.79 Å². The Kier molecular flexibility index (Phi) is 6.85. The van der Waals surface area contributed by atoms with Gasteiger partial charge < -0.3 is 19.3 Å². The number of piperazine rings is 1. The van der Waals surface area contributed by atoms with Gasteiger partial charge in [-0.3, -0.25) is 0 Å². The van der Waals surface area contributed by atoms with Gasteiger partial charge in [0, 0.05) is 31.2 Å². The van der Waals surface area contributed by atoms with E-state index in [4.69, 9.17) is 21.1 Å².